The molecule has 3 atom stereocenters. The molecule has 7 heteroatoms. The van der Waals surface area contributed by atoms with Crippen molar-refractivity contribution in [2.45, 2.75) is 63.0 Å². The van der Waals surface area contributed by atoms with Gasteiger partial charge in [0.05, 0.1) is 6.61 Å². The summed E-state index contributed by atoms with van der Waals surface area (Å²) in [7, 11) is -1.94. The normalized spacial score (nSPS) is 25.7. The second-order valence-electron chi connectivity index (χ2n) is 8.56. The molecule has 0 unspecified atom stereocenters. The minimum absolute atomic E-state index is 0.0497. The first-order valence-corrected chi connectivity index (χ1v) is 12.4. The lowest BCUT2D eigenvalue weighted by molar-refractivity contribution is 0.103. The van der Waals surface area contributed by atoms with Gasteiger partial charge in [0.25, 0.3) is 0 Å². The molecule has 2 aliphatic rings. The minimum atomic E-state index is -3.80. The summed E-state index contributed by atoms with van der Waals surface area (Å²) in [5.74, 6) is 7.31. The fourth-order valence-corrected chi connectivity index (χ4v) is 6.01. The SMILES string of the molecule is CNC[C@@H]1Oc2cc(C#CC3CCCCC3)ccc2S(=O)(=O)N([C@H](C)CO)C[C@H]1C. The fraction of sp³-hybridized carbons (Fsp3) is 0.652. The molecule has 166 valence electrons. The highest BCUT2D eigenvalue weighted by Gasteiger charge is 2.37. The number of rotatable bonds is 4. The summed E-state index contributed by atoms with van der Waals surface area (Å²) in [6, 6.07) is 4.60. The van der Waals surface area contributed by atoms with Gasteiger partial charge in [-0.25, -0.2) is 8.42 Å². The van der Waals surface area contributed by atoms with Crippen LogP contribution in [0.25, 0.3) is 0 Å². The van der Waals surface area contributed by atoms with Crippen LogP contribution in [-0.4, -0.2) is 56.7 Å². The van der Waals surface area contributed by atoms with Crippen molar-refractivity contribution in [2.24, 2.45) is 11.8 Å². The van der Waals surface area contributed by atoms with Gasteiger partial charge in [-0.05, 0) is 45.0 Å². The number of likely N-dealkylation sites (N-methyl/N-ethyl adjacent to an activating group) is 1. The molecule has 30 heavy (non-hydrogen) atoms. The van der Waals surface area contributed by atoms with E-state index in [4.69, 9.17) is 4.74 Å². The fourth-order valence-electron chi connectivity index (χ4n) is 4.18. The number of sulfonamides is 1. The molecule has 0 radical (unpaired) electrons. The van der Waals surface area contributed by atoms with E-state index < -0.39 is 16.1 Å². The number of aliphatic hydroxyl groups excluding tert-OH is 1. The number of ether oxygens (including phenoxy) is 1. The predicted molar refractivity (Wildman–Crippen MR) is 118 cm³/mol. The Balaban J connectivity index is 2.00. The maximum Gasteiger partial charge on any atom is 0.247 e. The van der Waals surface area contributed by atoms with Crippen molar-refractivity contribution in [3.63, 3.8) is 0 Å². The Morgan fingerprint density at radius 2 is 2.03 bits per heavy atom. The van der Waals surface area contributed by atoms with Crippen LogP contribution in [0.2, 0.25) is 0 Å². The van der Waals surface area contributed by atoms with Crippen LogP contribution < -0.4 is 10.1 Å². The first kappa shape index (κ1) is 23.1. The van der Waals surface area contributed by atoms with Gasteiger partial charge in [-0.3, -0.25) is 0 Å². The van der Waals surface area contributed by atoms with Gasteiger partial charge in [0.2, 0.25) is 10.0 Å². The topological polar surface area (TPSA) is 78.9 Å². The highest BCUT2D eigenvalue weighted by molar-refractivity contribution is 7.89. The van der Waals surface area contributed by atoms with Crippen LogP contribution in [0, 0.1) is 23.7 Å². The Kier molecular flexibility index (Phi) is 7.81. The summed E-state index contributed by atoms with van der Waals surface area (Å²) in [6.07, 6.45) is 5.83. The van der Waals surface area contributed by atoms with Crippen LogP contribution in [-0.2, 0) is 10.0 Å². The quantitative estimate of drug-likeness (QED) is 0.712. The molecule has 1 fully saturated rings. The molecule has 1 aliphatic heterocycles. The molecule has 1 aromatic rings. The highest BCUT2D eigenvalue weighted by Crippen LogP contribution is 2.34. The summed E-state index contributed by atoms with van der Waals surface area (Å²) < 4.78 is 34.4. The lowest BCUT2D eigenvalue weighted by Crippen LogP contribution is -2.49. The van der Waals surface area contributed by atoms with Crippen molar-refractivity contribution in [1.29, 1.82) is 0 Å². The number of aliphatic hydroxyl groups is 1. The summed E-state index contributed by atoms with van der Waals surface area (Å²) in [4.78, 5) is 0.138. The third kappa shape index (κ3) is 5.17. The molecule has 6 nitrogen and oxygen atoms in total. The molecule has 1 aliphatic carbocycles. The lowest BCUT2D eigenvalue weighted by Gasteiger charge is -2.36. The van der Waals surface area contributed by atoms with Gasteiger partial charge >= 0.3 is 0 Å². The Morgan fingerprint density at radius 1 is 1.30 bits per heavy atom. The second-order valence-corrected chi connectivity index (χ2v) is 10.4. The maximum atomic E-state index is 13.4. The Labute approximate surface area is 181 Å². The van der Waals surface area contributed by atoms with E-state index in [0.717, 1.165) is 18.4 Å². The van der Waals surface area contributed by atoms with Crippen molar-refractivity contribution in [2.75, 3.05) is 26.7 Å². The van der Waals surface area contributed by atoms with E-state index in [2.05, 4.69) is 17.2 Å². The molecular weight excluding hydrogens is 400 g/mol. The standard InChI is InChI=1S/C23H34N2O4S/c1-17-15-25(18(2)16-26)30(27,28)23-12-11-20(10-9-19-7-5-4-6-8-19)13-21(23)29-22(17)14-24-3/h11-13,17-19,22,24,26H,4-8,14-16H2,1-3H3/t17-,18-,22+/m1/s1. The van der Waals surface area contributed by atoms with Gasteiger partial charge < -0.3 is 15.2 Å². The van der Waals surface area contributed by atoms with E-state index in [1.807, 2.05) is 14.0 Å². The van der Waals surface area contributed by atoms with Crippen LogP contribution in [0.15, 0.2) is 23.1 Å². The van der Waals surface area contributed by atoms with E-state index in [1.54, 1.807) is 25.1 Å². The number of benzene rings is 1. The Bertz CT molecular complexity index is 884. The highest BCUT2D eigenvalue weighted by atomic mass is 32.2. The molecule has 0 amide bonds. The van der Waals surface area contributed by atoms with Crippen molar-refractivity contribution < 1.29 is 18.3 Å². The first-order valence-electron chi connectivity index (χ1n) is 11.0. The summed E-state index contributed by atoms with van der Waals surface area (Å²) in [6.45, 7) is 4.36. The van der Waals surface area contributed by atoms with E-state index in [9.17, 15) is 13.5 Å². The Hall–Kier alpha value is -1.59. The molecule has 0 bridgehead atoms. The smallest absolute Gasteiger partial charge is 0.247 e. The van der Waals surface area contributed by atoms with Crippen LogP contribution in [0.3, 0.4) is 0 Å². The van der Waals surface area contributed by atoms with Crippen molar-refractivity contribution in [3.8, 4) is 17.6 Å². The van der Waals surface area contributed by atoms with E-state index in [-0.39, 0.29) is 23.5 Å². The number of nitrogens with zero attached hydrogens (tertiary/aromatic N) is 1. The van der Waals surface area contributed by atoms with Crippen molar-refractivity contribution >= 4 is 10.0 Å². The molecule has 0 spiro atoms. The zero-order chi connectivity index (χ0) is 21.7. The first-order chi connectivity index (χ1) is 14.4. The molecule has 1 heterocycles. The molecule has 1 aromatic carbocycles. The molecule has 0 aromatic heterocycles. The van der Waals surface area contributed by atoms with Crippen molar-refractivity contribution in [3.05, 3.63) is 23.8 Å². The second kappa shape index (κ2) is 10.1. The van der Waals surface area contributed by atoms with Gasteiger partial charge in [0, 0.05) is 36.5 Å². The molecule has 2 N–H and O–H groups in total. The average Bonchev–Trinajstić information content (AvgIpc) is 2.75. The maximum absolute atomic E-state index is 13.4. The van der Waals surface area contributed by atoms with Crippen LogP contribution in [0.1, 0.15) is 51.5 Å². The number of hydrogen-bond donors (Lipinski definition) is 2. The largest absolute Gasteiger partial charge is 0.487 e. The summed E-state index contributed by atoms with van der Waals surface area (Å²) in [5, 5.41) is 12.8. The minimum Gasteiger partial charge on any atom is -0.487 e. The van der Waals surface area contributed by atoms with Gasteiger partial charge in [0.1, 0.15) is 16.7 Å². The van der Waals surface area contributed by atoms with Crippen LogP contribution >= 0.6 is 0 Å². The molecule has 1 saturated carbocycles. The molecule has 3 rings (SSSR count). The average molecular weight is 435 g/mol. The van der Waals surface area contributed by atoms with E-state index in [0.29, 0.717) is 24.8 Å². The van der Waals surface area contributed by atoms with Crippen LogP contribution in [0.5, 0.6) is 5.75 Å². The van der Waals surface area contributed by atoms with E-state index in [1.165, 1.54) is 23.6 Å². The summed E-state index contributed by atoms with van der Waals surface area (Å²) >= 11 is 0. The third-order valence-electron chi connectivity index (χ3n) is 6.10. The van der Waals surface area contributed by atoms with Crippen molar-refractivity contribution in [1.82, 2.24) is 9.62 Å². The van der Waals surface area contributed by atoms with Crippen LogP contribution in [0.4, 0.5) is 0 Å². The number of hydrogen-bond acceptors (Lipinski definition) is 5. The van der Waals surface area contributed by atoms with E-state index >= 15 is 0 Å². The lowest BCUT2D eigenvalue weighted by atomic mass is 9.90. The summed E-state index contributed by atoms with van der Waals surface area (Å²) in [5.41, 5.74) is 0.771. The Morgan fingerprint density at radius 3 is 2.70 bits per heavy atom. The monoisotopic (exact) mass is 434 g/mol. The third-order valence-corrected chi connectivity index (χ3v) is 8.12. The predicted octanol–water partition coefficient (Wildman–Crippen LogP) is 2.61. The molecular formula is C23H34N2O4S. The number of nitrogens with one attached hydrogen (secondary N) is 1. The van der Waals surface area contributed by atoms with Gasteiger partial charge in [-0.1, -0.05) is 38.0 Å². The zero-order valence-corrected chi connectivity index (χ0v) is 19.0. The molecule has 0 saturated heterocycles. The van der Waals surface area contributed by atoms with Gasteiger partial charge in [-0.15, -0.1) is 0 Å². The number of fused-ring (bicyclic) bond motifs is 1. The van der Waals surface area contributed by atoms with Gasteiger partial charge in [-0.2, -0.15) is 4.31 Å². The zero-order valence-electron chi connectivity index (χ0n) is 18.2. The van der Waals surface area contributed by atoms with Gasteiger partial charge in [0.15, 0.2) is 0 Å².